The minimum Gasteiger partial charge on any atom is -0.298 e. The fraction of sp³-hybridized carbons (Fsp3) is 0. The first-order valence-corrected chi connectivity index (χ1v) is 4.88. The highest BCUT2D eigenvalue weighted by atomic mass is 16.1. The normalized spacial score (nSPS) is 10.5. The largest absolute Gasteiger partial charge is 0.298 e. The van der Waals surface area contributed by atoms with Crippen LogP contribution in [-0.4, -0.2) is 16.3 Å². The van der Waals surface area contributed by atoms with E-state index in [2.05, 4.69) is 9.97 Å². The quantitative estimate of drug-likeness (QED) is 0.731. The van der Waals surface area contributed by atoms with E-state index in [0.717, 1.165) is 17.5 Å². The Labute approximate surface area is 93.5 Å². The predicted octanol–water partition coefficient (Wildman–Crippen LogP) is 2.46. The van der Waals surface area contributed by atoms with E-state index < -0.39 is 0 Å². The Morgan fingerprint density at radius 3 is 2.38 bits per heavy atom. The molecule has 16 heavy (non-hydrogen) atoms. The van der Waals surface area contributed by atoms with E-state index in [1.54, 1.807) is 30.7 Å². The molecule has 78 valence electrons. The first-order valence-electron chi connectivity index (χ1n) is 4.88. The summed E-state index contributed by atoms with van der Waals surface area (Å²) < 4.78 is 0. The molecule has 0 aliphatic heterocycles. The van der Waals surface area contributed by atoms with Crippen LogP contribution in [0.3, 0.4) is 0 Å². The van der Waals surface area contributed by atoms with Gasteiger partial charge in [-0.2, -0.15) is 0 Å². The monoisotopic (exact) mass is 210 g/mol. The molecule has 3 nitrogen and oxygen atoms in total. The zero-order valence-electron chi connectivity index (χ0n) is 8.58. The van der Waals surface area contributed by atoms with Crippen LogP contribution in [0.2, 0.25) is 0 Å². The van der Waals surface area contributed by atoms with Crippen molar-refractivity contribution in [3.05, 3.63) is 59.7 Å². The van der Waals surface area contributed by atoms with Crippen LogP contribution < -0.4 is 0 Å². The highest BCUT2D eigenvalue weighted by Crippen LogP contribution is 2.05. The van der Waals surface area contributed by atoms with E-state index in [1.807, 2.05) is 24.3 Å². The van der Waals surface area contributed by atoms with Crippen LogP contribution in [0.5, 0.6) is 0 Å². The van der Waals surface area contributed by atoms with Gasteiger partial charge < -0.3 is 0 Å². The topological polar surface area (TPSA) is 42.9 Å². The summed E-state index contributed by atoms with van der Waals surface area (Å²) in [5.74, 6) is 0. The molecule has 0 N–H and O–H groups in total. The van der Waals surface area contributed by atoms with Crippen molar-refractivity contribution in [1.82, 2.24) is 9.97 Å². The van der Waals surface area contributed by atoms with Gasteiger partial charge in [0.05, 0.1) is 5.69 Å². The van der Waals surface area contributed by atoms with Gasteiger partial charge in [-0.1, -0.05) is 6.08 Å². The summed E-state index contributed by atoms with van der Waals surface area (Å²) in [7, 11) is 0. The summed E-state index contributed by atoms with van der Waals surface area (Å²) in [6.07, 6.45) is 9.66. The zero-order chi connectivity index (χ0) is 11.2. The van der Waals surface area contributed by atoms with Crippen LogP contribution in [0.25, 0.3) is 12.2 Å². The van der Waals surface area contributed by atoms with Gasteiger partial charge >= 0.3 is 0 Å². The lowest BCUT2D eigenvalue weighted by Gasteiger charge is -1.93. The molecule has 0 radical (unpaired) electrons. The second kappa shape index (κ2) is 4.98. The van der Waals surface area contributed by atoms with Crippen LogP contribution in [0.15, 0.2) is 42.9 Å². The smallest absolute Gasteiger partial charge is 0.151 e. The van der Waals surface area contributed by atoms with Crippen LogP contribution in [-0.2, 0) is 0 Å². The molecule has 2 aromatic rings. The average Bonchev–Trinajstić information content (AvgIpc) is 2.38. The summed E-state index contributed by atoms with van der Waals surface area (Å²) >= 11 is 0. The molecule has 0 amide bonds. The maximum absolute atomic E-state index is 10.4. The second-order valence-corrected chi connectivity index (χ2v) is 3.25. The molecule has 0 bridgehead atoms. The second-order valence-electron chi connectivity index (χ2n) is 3.25. The van der Waals surface area contributed by atoms with Gasteiger partial charge in [-0.3, -0.25) is 14.8 Å². The molecule has 0 aliphatic carbocycles. The standard InChI is InChI=1S/C13H10N2O/c16-10-12-2-4-13(15-9-12)3-1-11-5-7-14-8-6-11/h1-10H/b3-1+. The predicted molar refractivity (Wildman–Crippen MR) is 62.8 cm³/mol. The van der Waals surface area contributed by atoms with Crippen molar-refractivity contribution in [3.8, 4) is 0 Å². The third-order valence-corrected chi connectivity index (χ3v) is 2.10. The van der Waals surface area contributed by atoms with Crippen molar-refractivity contribution in [2.45, 2.75) is 0 Å². The molecule has 0 atom stereocenters. The van der Waals surface area contributed by atoms with Crippen LogP contribution in [0.1, 0.15) is 21.6 Å². The van der Waals surface area contributed by atoms with Gasteiger partial charge in [0.1, 0.15) is 0 Å². The van der Waals surface area contributed by atoms with Gasteiger partial charge in [0.15, 0.2) is 6.29 Å². The van der Waals surface area contributed by atoms with Crippen LogP contribution >= 0.6 is 0 Å². The summed E-state index contributed by atoms with van der Waals surface area (Å²) in [6, 6.07) is 7.38. The van der Waals surface area contributed by atoms with Gasteiger partial charge in [-0.15, -0.1) is 0 Å². The third-order valence-electron chi connectivity index (χ3n) is 2.10. The van der Waals surface area contributed by atoms with Gasteiger partial charge in [0.25, 0.3) is 0 Å². The maximum Gasteiger partial charge on any atom is 0.151 e. The number of hydrogen-bond donors (Lipinski definition) is 0. The number of aldehydes is 1. The molecule has 0 aromatic carbocycles. The molecule has 0 fully saturated rings. The van der Waals surface area contributed by atoms with Crippen molar-refractivity contribution in [1.29, 1.82) is 0 Å². The summed E-state index contributed by atoms with van der Waals surface area (Å²) in [5, 5.41) is 0. The Kier molecular flexibility index (Phi) is 3.18. The molecule has 0 unspecified atom stereocenters. The molecule has 3 heteroatoms. The number of aromatic nitrogens is 2. The summed E-state index contributed by atoms with van der Waals surface area (Å²) in [4.78, 5) is 18.5. The van der Waals surface area contributed by atoms with Gasteiger partial charge in [0, 0.05) is 24.2 Å². The van der Waals surface area contributed by atoms with Gasteiger partial charge in [-0.05, 0) is 35.9 Å². The fourth-order valence-electron chi connectivity index (χ4n) is 1.24. The van der Waals surface area contributed by atoms with Crippen molar-refractivity contribution < 1.29 is 4.79 Å². The lowest BCUT2D eigenvalue weighted by atomic mass is 10.2. The molecule has 2 heterocycles. The molecule has 0 saturated heterocycles. The highest BCUT2D eigenvalue weighted by Gasteiger charge is 1.91. The number of carbonyl (C=O) groups is 1. The van der Waals surface area contributed by atoms with Crippen molar-refractivity contribution in [3.63, 3.8) is 0 Å². The molecule has 0 spiro atoms. The molecule has 2 rings (SSSR count). The van der Waals surface area contributed by atoms with E-state index in [1.165, 1.54) is 0 Å². The summed E-state index contributed by atoms with van der Waals surface area (Å²) in [5.41, 5.74) is 2.47. The van der Waals surface area contributed by atoms with Gasteiger partial charge in [0.2, 0.25) is 0 Å². The lowest BCUT2D eigenvalue weighted by Crippen LogP contribution is -1.84. The number of pyridine rings is 2. The van der Waals surface area contributed by atoms with E-state index in [0.29, 0.717) is 5.56 Å². The molecule has 0 saturated carbocycles. The first-order chi connectivity index (χ1) is 7.88. The van der Waals surface area contributed by atoms with Crippen LogP contribution in [0.4, 0.5) is 0 Å². The van der Waals surface area contributed by atoms with E-state index in [-0.39, 0.29) is 0 Å². The Bertz CT molecular complexity index is 489. The van der Waals surface area contributed by atoms with Crippen molar-refractivity contribution in [2.75, 3.05) is 0 Å². The van der Waals surface area contributed by atoms with E-state index >= 15 is 0 Å². The summed E-state index contributed by atoms with van der Waals surface area (Å²) in [6.45, 7) is 0. The van der Waals surface area contributed by atoms with E-state index in [4.69, 9.17) is 0 Å². The molecular formula is C13H10N2O. The van der Waals surface area contributed by atoms with E-state index in [9.17, 15) is 4.79 Å². The minimum absolute atomic E-state index is 0.584. The Hall–Kier alpha value is -2.29. The minimum atomic E-state index is 0.584. The Morgan fingerprint density at radius 1 is 0.938 bits per heavy atom. The fourth-order valence-corrected chi connectivity index (χ4v) is 1.24. The van der Waals surface area contributed by atoms with Crippen LogP contribution in [0, 0.1) is 0 Å². The molecule has 2 aromatic heterocycles. The van der Waals surface area contributed by atoms with Gasteiger partial charge in [-0.25, -0.2) is 0 Å². The average molecular weight is 210 g/mol. The Morgan fingerprint density at radius 2 is 1.75 bits per heavy atom. The molecule has 0 aliphatic rings. The zero-order valence-corrected chi connectivity index (χ0v) is 8.58. The number of rotatable bonds is 3. The number of nitrogens with zero attached hydrogens (tertiary/aromatic N) is 2. The SMILES string of the molecule is O=Cc1ccc(/C=C/c2ccncc2)nc1. The maximum atomic E-state index is 10.4. The third kappa shape index (κ3) is 2.60. The number of hydrogen-bond acceptors (Lipinski definition) is 3. The lowest BCUT2D eigenvalue weighted by molar-refractivity contribution is 0.112. The Balaban J connectivity index is 2.14. The van der Waals surface area contributed by atoms with Crippen molar-refractivity contribution >= 4 is 18.4 Å². The number of carbonyl (C=O) groups excluding carboxylic acids is 1. The molecular weight excluding hydrogens is 200 g/mol. The highest BCUT2D eigenvalue weighted by molar-refractivity contribution is 5.75. The van der Waals surface area contributed by atoms with Crippen molar-refractivity contribution in [2.24, 2.45) is 0 Å². The first kappa shape index (κ1) is 10.2.